The van der Waals surface area contributed by atoms with Crippen LogP contribution in [0.3, 0.4) is 0 Å². The summed E-state index contributed by atoms with van der Waals surface area (Å²) in [5.74, 6) is -0.0109. The molecule has 4 heterocycles. The number of carbonyl (C=O) groups excluding carboxylic acids is 1. The van der Waals surface area contributed by atoms with Crippen molar-refractivity contribution < 1.29 is 4.79 Å². The molecule has 1 aliphatic rings. The van der Waals surface area contributed by atoms with Crippen molar-refractivity contribution in [1.82, 2.24) is 45.1 Å². The first-order valence-corrected chi connectivity index (χ1v) is 11.1. The lowest BCUT2D eigenvalue weighted by molar-refractivity contribution is 0.102. The number of amides is 1. The fraction of sp³-hybridized carbons (Fsp3) is 0.409. The smallest absolute Gasteiger partial charge is 0.279 e. The van der Waals surface area contributed by atoms with E-state index in [-0.39, 0.29) is 17.6 Å². The van der Waals surface area contributed by atoms with E-state index in [1.807, 2.05) is 36.1 Å². The highest BCUT2D eigenvalue weighted by Gasteiger charge is 2.24. The zero-order chi connectivity index (χ0) is 22.9. The zero-order valence-corrected chi connectivity index (χ0v) is 18.9. The molecule has 170 valence electrons. The molecular weight excluding hydrogens is 420 g/mol. The van der Waals surface area contributed by atoms with Crippen LogP contribution >= 0.6 is 0 Å². The van der Waals surface area contributed by atoms with E-state index in [0.29, 0.717) is 11.9 Å². The number of benzene rings is 1. The Balaban J connectivity index is 1.29. The van der Waals surface area contributed by atoms with Gasteiger partial charge in [-0.15, -0.1) is 20.4 Å². The third-order valence-electron chi connectivity index (χ3n) is 6.07. The maximum Gasteiger partial charge on any atom is 0.279 e. The Morgan fingerprint density at radius 3 is 2.58 bits per heavy atom. The van der Waals surface area contributed by atoms with E-state index in [4.69, 9.17) is 0 Å². The summed E-state index contributed by atoms with van der Waals surface area (Å²) in [5, 5.41) is 28.4. The molecule has 3 aromatic heterocycles. The number of aryl methyl sites for hydroxylation is 1. The van der Waals surface area contributed by atoms with E-state index in [0.717, 1.165) is 48.1 Å². The van der Waals surface area contributed by atoms with Crippen molar-refractivity contribution in [2.45, 2.75) is 38.8 Å². The summed E-state index contributed by atoms with van der Waals surface area (Å²) in [7, 11) is 1.82. The lowest BCUT2D eigenvalue weighted by atomic mass is 10.0. The first-order valence-electron chi connectivity index (χ1n) is 11.1. The maximum absolute atomic E-state index is 12.8. The van der Waals surface area contributed by atoms with Gasteiger partial charge >= 0.3 is 0 Å². The summed E-state index contributed by atoms with van der Waals surface area (Å²) in [6, 6.07) is 8.32. The van der Waals surface area contributed by atoms with Gasteiger partial charge in [-0.1, -0.05) is 16.5 Å². The van der Waals surface area contributed by atoms with Crippen LogP contribution in [0, 0.1) is 0 Å². The number of hydrogen-bond donors (Lipinski definition) is 1. The van der Waals surface area contributed by atoms with Crippen LogP contribution in [0.4, 0.5) is 5.82 Å². The van der Waals surface area contributed by atoms with Crippen molar-refractivity contribution in [1.29, 1.82) is 0 Å². The standard InChI is InChI=1S/C22H26N10O/c1-14(2)31-8-6-17(7-9-31)32-13-20(26-29-32)22(33)23-21-11-16-10-15(4-5-18(16)24-27-21)19-12-30(3)28-25-19/h4-5,10-14,17H,6-9H2,1-3H3,(H,23,27,33). The minimum atomic E-state index is -0.361. The summed E-state index contributed by atoms with van der Waals surface area (Å²) in [5.41, 5.74) is 2.65. The molecular formula is C22H26N10O. The molecule has 0 unspecified atom stereocenters. The van der Waals surface area contributed by atoms with E-state index in [9.17, 15) is 4.79 Å². The number of aromatic nitrogens is 8. The van der Waals surface area contributed by atoms with E-state index < -0.39 is 0 Å². The zero-order valence-electron chi connectivity index (χ0n) is 18.9. The van der Waals surface area contributed by atoms with E-state index in [1.54, 1.807) is 16.9 Å². The van der Waals surface area contributed by atoms with E-state index in [1.165, 1.54) is 0 Å². The van der Waals surface area contributed by atoms with Gasteiger partial charge in [0.25, 0.3) is 5.91 Å². The molecule has 0 aliphatic carbocycles. The van der Waals surface area contributed by atoms with Crippen LogP contribution in [0.5, 0.6) is 0 Å². The minimum Gasteiger partial charge on any atom is -0.304 e. The second-order valence-electron chi connectivity index (χ2n) is 8.68. The molecule has 11 nitrogen and oxygen atoms in total. The number of rotatable bonds is 5. The normalized spacial score (nSPS) is 15.4. The Labute approximate surface area is 190 Å². The van der Waals surface area contributed by atoms with Gasteiger partial charge in [0.2, 0.25) is 0 Å². The molecule has 0 saturated carbocycles. The third kappa shape index (κ3) is 4.44. The summed E-state index contributed by atoms with van der Waals surface area (Å²) >= 11 is 0. The summed E-state index contributed by atoms with van der Waals surface area (Å²) < 4.78 is 3.46. The number of nitrogens with one attached hydrogen (secondary N) is 1. The number of anilines is 1. The molecule has 4 aromatic rings. The number of carbonyl (C=O) groups is 1. The first kappa shape index (κ1) is 21.1. The molecule has 1 aromatic carbocycles. The SMILES string of the molecule is CC(C)N1CCC(n2cc(C(=O)Nc3cc4cc(-c5cn(C)nn5)ccc4nn3)nn2)CC1. The van der Waals surface area contributed by atoms with Gasteiger partial charge in [0.1, 0.15) is 5.69 Å². The number of likely N-dealkylation sites (tertiary alicyclic amines) is 1. The molecule has 0 bridgehead atoms. The van der Waals surface area contributed by atoms with E-state index in [2.05, 4.69) is 54.9 Å². The predicted octanol–water partition coefficient (Wildman–Crippen LogP) is 2.31. The van der Waals surface area contributed by atoms with Crippen LogP contribution in [0.2, 0.25) is 0 Å². The molecule has 0 atom stereocenters. The summed E-state index contributed by atoms with van der Waals surface area (Å²) in [6.07, 6.45) is 5.54. The molecule has 1 amide bonds. The Kier molecular flexibility index (Phi) is 5.55. The van der Waals surface area contributed by atoms with Gasteiger partial charge in [-0.05, 0) is 44.9 Å². The second-order valence-corrected chi connectivity index (χ2v) is 8.68. The lowest BCUT2D eigenvalue weighted by Crippen LogP contribution is -2.39. The largest absolute Gasteiger partial charge is 0.304 e. The number of piperidine rings is 1. The van der Waals surface area contributed by atoms with Crippen LogP contribution in [0.1, 0.15) is 43.2 Å². The van der Waals surface area contributed by atoms with E-state index >= 15 is 0 Å². The Morgan fingerprint density at radius 2 is 1.85 bits per heavy atom. The highest BCUT2D eigenvalue weighted by Crippen LogP contribution is 2.24. The fourth-order valence-electron chi connectivity index (χ4n) is 4.15. The summed E-state index contributed by atoms with van der Waals surface area (Å²) in [6.45, 7) is 6.47. The Hall–Kier alpha value is -3.73. The molecule has 1 aliphatic heterocycles. The predicted molar refractivity (Wildman–Crippen MR) is 122 cm³/mol. The first-order chi connectivity index (χ1) is 16.0. The van der Waals surface area contributed by atoms with Gasteiger partial charge in [0.05, 0.1) is 24.0 Å². The fourth-order valence-corrected chi connectivity index (χ4v) is 4.15. The number of nitrogens with zero attached hydrogens (tertiary/aromatic N) is 9. The van der Waals surface area contributed by atoms with Gasteiger partial charge in [-0.25, -0.2) is 4.68 Å². The molecule has 0 radical (unpaired) electrons. The Morgan fingerprint density at radius 1 is 1.03 bits per heavy atom. The summed E-state index contributed by atoms with van der Waals surface area (Å²) in [4.78, 5) is 15.2. The average Bonchev–Trinajstić information content (AvgIpc) is 3.48. The van der Waals surface area contributed by atoms with Gasteiger partial charge < -0.3 is 10.2 Å². The molecule has 0 spiro atoms. The number of fused-ring (bicyclic) bond motifs is 1. The lowest BCUT2D eigenvalue weighted by Gasteiger charge is -2.34. The van der Waals surface area contributed by atoms with Crippen LogP contribution in [0.15, 0.2) is 36.7 Å². The van der Waals surface area contributed by atoms with Crippen molar-refractivity contribution in [2.75, 3.05) is 18.4 Å². The highest BCUT2D eigenvalue weighted by molar-refractivity contribution is 6.02. The Bertz CT molecular complexity index is 1290. The van der Waals surface area contributed by atoms with Crippen molar-refractivity contribution >= 4 is 22.6 Å². The van der Waals surface area contributed by atoms with Gasteiger partial charge in [-0.3, -0.25) is 9.48 Å². The van der Waals surface area contributed by atoms with Gasteiger partial charge in [0.15, 0.2) is 11.5 Å². The monoisotopic (exact) mass is 446 g/mol. The molecule has 5 rings (SSSR count). The van der Waals surface area contributed by atoms with Crippen LogP contribution < -0.4 is 5.32 Å². The molecule has 11 heteroatoms. The molecule has 1 fully saturated rings. The molecule has 1 N–H and O–H groups in total. The van der Waals surface area contributed by atoms with Crippen molar-refractivity contribution in [3.05, 3.63) is 42.4 Å². The number of hydrogen-bond acceptors (Lipinski definition) is 8. The van der Waals surface area contributed by atoms with Gasteiger partial charge in [-0.2, -0.15) is 0 Å². The van der Waals surface area contributed by atoms with Crippen LogP contribution in [-0.2, 0) is 7.05 Å². The molecule has 1 saturated heterocycles. The highest BCUT2D eigenvalue weighted by atomic mass is 16.2. The topological polar surface area (TPSA) is 120 Å². The van der Waals surface area contributed by atoms with Crippen molar-refractivity contribution in [3.8, 4) is 11.3 Å². The minimum absolute atomic E-state index is 0.258. The average molecular weight is 447 g/mol. The molecule has 33 heavy (non-hydrogen) atoms. The van der Waals surface area contributed by atoms with Crippen molar-refractivity contribution in [2.24, 2.45) is 7.05 Å². The van der Waals surface area contributed by atoms with Gasteiger partial charge in [0, 0.05) is 37.1 Å². The van der Waals surface area contributed by atoms with Crippen molar-refractivity contribution in [3.63, 3.8) is 0 Å². The quantitative estimate of drug-likeness (QED) is 0.496. The second kappa shape index (κ2) is 8.66. The van der Waals surface area contributed by atoms with Crippen LogP contribution in [0.25, 0.3) is 22.2 Å². The third-order valence-corrected chi connectivity index (χ3v) is 6.07. The van der Waals surface area contributed by atoms with Crippen LogP contribution in [-0.4, -0.2) is 70.1 Å². The maximum atomic E-state index is 12.8.